The van der Waals surface area contributed by atoms with Crippen LogP contribution in [0.25, 0.3) is 0 Å². The average Bonchev–Trinajstić information content (AvgIpc) is 2.69. The maximum absolute atomic E-state index is 12.6. The van der Waals surface area contributed by atoms with Gasteiger partial charge in [0.15, 0.2) is 0 Å². The highest BCUT2D eigenvalue weighted by atomic mass is 35.5. The molecule has 0 atom stereocenters. The number of carbonyl (C=O) groups is 1. The standard InChI is InChI=1S/C20H25ClN2O4S/c1-22(15-16-7-4-5-8-19(16)21)20(24)9-6-14-23(2)28(25,26)18-12-10-17(27-3)11-13-18/h4-5,7-8,10-13H,6,9,14-15H2,1-3H3. The van der Waals surface area contributed by atoms with E-state index in [0.29, 0.717) is 23.7 Å². The van der Waals surface area contributed by atoms with Gasteiger partial charge in [-0.2, -0.15) is 0 Å². The van der Waals surface area contributed by atoms with E-state index in [2.05, 4.69) is 0 Å². The number of methoxy groups -OCH3 is 1. The molecule has 0 aliphatic carbocycles. The average molecular weight is 425 g/mol. The molecule has 0 saturated carbocycles. The molecule has 0 unspecified atom stereocenters. The molecule has 0 saturated heterocycles. The zero-order chi connectivity index (χ0) is 20.7. The minimum Gasteiger partial charge on any atom is -0.497 e. The molecule has 6 nitrogen and oxygen atoms in total. The van der Waals surface area contributed by atoms with Gasteiger partial charge in [0.25, 0.3) is 0 Å². The maximum atomic E-state index is 12.6. The van der Waals surface area contributed by atoms with Crippen molar-refractivity contribution >= 4 is 27.5 Å². The van der Waals surface area contributed by atoms with Crippen LogP contribution in [0.1, 0.15) is 18.4 Å². The predicted octanol–water partition coefficient (Wildman–Crippen LogP) is 3.41. The number of halogens is 1. The van der Waals surface area contributed by atoms with Gasteiger partial charge in [0.05, 0.1) is 12.0 Å². The first-order valence-corrected chi connectivity index (χ1v) is 10.6. The van der Waals surface area contributed by atoms with Gasteiger partial charge in [-0.25, -0.2) is 12.7 Å². The summed E-state index contributed by atoms with van der Waals surface area (Å²) in [5.41, 5.74) is 0.874. The summed E-state index contributed by atoms with van der Waals surface area (Å²) in [6.45, 7) is 0.665. The first kappa shape index (κ1) is 22.2. The summed E-state index contributed by atoms with van der Waals surface area (Å²) in [6, 6.07) is 13.6. The highest BCUT2D eigenvalue weighted by Crippen LogP contribution is 2.19. The molecule has 0 aliphatic rings. The maximum Gasteiger partial charge on any atom is 0.242 e. The lowest BCUT2D eigenvalue weighted by molar-refractivity contribution is -0.130. The zero-order valence-corrected chi connectivity index (χ0v) is 17.8. The van der Waals surface area contributed by atoms with Crippen molar-refractivity contribution in [2.45, 2.75) is 24.3 Å². The second kappa shape index (κ2) is 9.91. The number of benzene rings is 2. The van der Waals surface area contributed by atoms with E-state index in [1.165, 1.54) is 30.6 Å². The minimum absolute atomic E-state index is 0.0600. The number of nitrogens with zero attached hydrogens (tertiary/aromatic N) is 2. The van der Waals surface area contributed by atoms with E-state index in [1.807, 2.05) is 18.2 Å². The molecular formula is C20H25ClN2O4S. The smallest absolute Gasteiger partial charge is 0.242 e. The second-order valence-electron chi connectivity index (χ2n) is 6.45. The van der Waals surface area contributed by atoms with Crippen molar-refractivity contribution < 1.29 is 17.9 Å². The third kappa shape index (κ3) is 5.70. The van der Waals surface area contributed by atoms with Crippen molar-refractivity contribution in [3.05, 3.63) is 59.1 Å². The topological polar surface area (TPSA) is 66.9 Å². The van der Waals surface area contributed by atoms with Crippen LogP contribution in [0, 0.1) is 0 Å². The molecule has 0 aliphatic heterocycles. The largest absolute Gasteiger partial charge is 0.497 e. The molecule has 1 amide bonds. The quantitative estimate of drug-likeness (QED) is 0.618. The molecule has 2 aromatic carbocycles. The van der Waals surface area contributed by atoms with Crippen LogP contribution in [-0.2, 0) is 21.4 Å². The highest BCUT2D eigenvalue weighted by Gasteiger charge is 2.21. The summed E-state index contributed by atoms with van der Waals surface area (Å²) in [5.74, 6) is 0.531. The van der Waals surface area contributed by atoms with E-state index >= 15 is 0 Å². The van der Waals surface area contributed by atoms with Gasteiger partial charge in [0.1, 0.15) is 5.75 Å². The fourth-order valence-corrected chi connectivity index (χ4v) is 4.07. The van der Waals surface area contributed by atoms with Crippen LogP contribution in [0.4, 0.5) is 0 Å². The Labute approximate surface area is 171 Å². The van der Waals surface area contributed by atoms with Crippen molar-refractivity contribution in [2.24, 2.45) is 0 Å². The number of sulfonamides is 1. The fourth-order valence-electron chi connectivity index (χ4n) is 2.66. The van der Waals surface area contributed by atoms with E-state index in [4.69, 9.17) is 16.3 Å². The third-order valence-corrected chi connectivity index (χ3v) is 6.66. The van der Waals surface area contributed by atoms with E-state index in [9.17, 15) is 13.2 Å². The van der Waals surface area contributed by atoms with Crippen LogP contribution < -0.4 is 4.74 Å². The molecule has 2 aromatic rings. The first-order chi connectivity index (χ1) is 13.3. The Hall–Kier alpha value is -2.09. The van der Waals surface area contributed by atoms with Gasteiger partial charge in [-0.05, 0) is 42.3 Å². The van der Waals surface area contributed by atoms with E-state index in [-0.39, 0.29) is 23.8 Å². The summed E-state index contributed by atoms with van der Waals surface area (Å²) in [5, 5.41) is 0.618. The normalized spacial score (nSPS) is 11.5. The Bertz CT molecular complexity index is 901. The van der Waals surface area contributed by atoms with Crippen LogP contribution in [0.2, 0.25) is 5.02 Å². The van der Waals surface area contributed by atoms with Crippen molar-refractivity contribution in [2.75, 3.05) is 27.7 Å². The van der Waals surface area contributed by atoms with Crippen LogP contribution in [0.3, 0.4) is 0 Å². The van der Waals surface area contributed by atoms with E-state index < -0.39 is 10.0 Å². The van der Waals surface area contributed by atoms with Gasteiger partial charge in [-0.1, -0.05) is 29.8 Å². The third-order valence-electron chi connectivity index (χ3n) is 4.42. The highest BCUT2D eigenvalue weighted by molar-refractivity contribution is 7.89. The van der Waals surface area contributed by atoms with Crippen molar-refractivity contribution in [1.29, 1.82) is 0 Å². The number of hydrogen-bond acceptors (Lipinski definition) is 4. The SMILES string of the molecule is COc1ccc(S(=O)(=O)N(C)CCCC(=O)N(C)Cc2ccccc2Cl)cc1. The van der Waals surface area contributed by atoms with Gasteiger partial charge in [-0.15, -0.1) is 0 Å². The zero-order valence-electron chi connectivity index (χ0n) is 16.3. The van der Waals surface area contributed by atoms with Gasteiger partial charge in [0, 0.05) is 38.6 Å². The van der Waals surface area contributed by atoms with Gasteiger partial charge in [-0.3, -0.25) is 4.79 Å². The monoisotopic (exact) mass is 424 g/mol. The summed E-state index contributed by atoms with van der Waals surface area (Å²) in [7, 11) is 1.15. The van der Waals surface area contributed by atoms with Crippen LogP contribution in [0.15, 0.2) is 53.4 Å². The van der Waals surface area contributed by atoms with Gasteiger partial charge in [0.2, 0.25) is 15.9 Å². The Balaban J connectivity index is 1.87. The summed E-state index contributed by atoms with van der Waals surface area (Å²) < 4.78 is 31.5. The molecule has 0 bridgehead atoms. The Morgan fingerprint density at radius 2 is 1.71 bits per heavy atom. The number of amides is 1. The Kier molecular flexibility index (Phi) is 7.86. The minimum atomic E-state index is -3.60. The molecule has 0 N–H and O–H groups in total. The lowest BCUT2D eigenvalue weighted by Crippen LogP contribution is -2.30. The van der Waals surface area contributed by atoms with Crippen molar-refractivity contribution in [3.63, 3.8) is 0 Å². The fraction of sp³-hybridized carbons (Fsp3) is 0.350. The number of carbonyl (C=O) groups excluding carboxylic acids is 1. The summed E-state index contributed by atoms with van der Waals surface area (Å²) in [6.07, 6.45) is 0.682. The molecular weight excluding hydrogens is 400 g/mol. The van der Waals surface area contributed by atoms with Crippen molar-refractivity contribution in [3.8, 4) is 5.75 Å². The van der Waals surface area contributed by atoms with Crippen molar-refractivity contribution in [1.82, 2.24) is 9.21 Å². The Morgan fingerprint density at radius 1 is 1.07 bits per heavy atom. The molecule has 0 radical (unpaired) electrons. The predicted molar refractivity (Wildman–Crippen MR) is 110 cm³/mol. The molecule has 0 spiro atoms. The molecule has 8 heteroatoms. The lowest BCUT2D eigenvalue weighted by atomic mass is 10.2. The molecule has 2 rings (SSSR count). The molecule has 0 fully saturated rings. The number of rotatable bonds is 9. The van der Waals surface area contributed by atoms with Gasteiger partial charge < -0.3 is 9.64 Å². The van der Waals surface area contributed by atoms with Crippen LogP contribution in [0.5, 0.6) is 5.75 Å². The van der Waals surface area contributed by atoms with Crippen LogP contribution >= 0.6 is 11.6 Å². The first-order valence-electron chi connectivity index (χ1n) is 8.83. The van der Waals surface area contributed by atoms with E-state index in [1.54, 1.807) is 30.1 Å². The summed E-state index contributed by atoms with van der Waals surface area (Å²) in [4.78, 5) is 14.1. The summed E-state index contributed by atoms with van der Waals surface area (Å²) >= 11 is 6.13. The number of hydrogen-bond donors (Lipinski definition) is 0. The molecule has 152 valence electrons. The second-order valence-corrected chi connectivity index (χ2v) is 8.90. The van der Waals surface area contributed by atoms with E-state index in [0.717, 1.165) is 5.56 Å². The van der Waals surface area contributed by atoms with Gasteiger partial charge >= 0.3 is 0 Å². The Morgan fingerprint density at radius 3 is 2.32 bits per heavy atom. The molecule has 0 heterocycles. The number of ether oxygens (including phenoxy) is 1. The van der Waals surface area contributed by atoms with Crippen LogP contribution in [-0.4, -0.2) is 51.3 Å². The lowest BCUT2D eigenvalue weighted by Gasteiger charge is -2.20. The molecule has 28 heavy (non-hydrogen) atoms. The molecule has 0 aromatic heterocycles.